The molecule has 0 unspecified atom stereocenters. The fraction of sp³-hybridized carbons (Fsp3) is 0.200. The molecule has 0 atom stereocenters. The molecule has 2 aromatic carbocycles. The number of hydrogen-bond donors (Lipinski definition) is 2. The van der Waals surface area contributed by atoms with Gasteiger partial charge >= 0.3 is 0 Å². The highest BCUT2D eigenvalue weighted by Crippen LogP contribution is 2.33. The van der Waals surface area contributed by atoms with E-state index in [1.54, 1.807) is 12.1 Å². The summed E-state index contributed by atoms with van der Waals surface area (Å²) in [5.74, 6) is 0.825. The first kappa shape index (κ1) is 21.8. The van der Waals surface area contributed by atoms with Gasteiger partial charge in [0.25, 0.3) is 5.91 Å². The van der Waals surface area contributed by atoms with Crippen LogP contribution < -0.4 is 20.1 Å². The van der Waals surface area contributed by atoms with E-state index in [1.807, 2.05) is 31.2 Å². The number of hydrogen-bond acceptors (Lipinski definition) is 7. The van der Waals surface area contributed by atoms with E-state index in [2.05, 4.69) is 36.8 Å². The van der Waals surface area contributed by atoms with Gasteiger partial charge < -0.3 is 20.1 Å². The molecule has 0 saturated carbocycles. The largest absolute Gasteiger partial charge is 0.493 e. The SMILES string of the molecule is COc1cc(C=NN=C2NC(=O)CS2)c(Br)cc1OCC(=O)Nc1ccccc1C. The standard InChI is InChI=1S/C20H19BrN4O4S/c1-12-5-3-4-6-15(12)23-18(26)10-29-17-8-14(21)13(7-16(17)28-2)9-22-25-20-24-19(27)11-30-20/h3-9H,10-11H2,1-2H3,(H,23,26)(H,24,25,27). The van der Waals surface area contributed by atoms with Gasteiger partial charge in [-0.1, -0.05) is 30.0 Å². The average Bonchev–Trinajstić information content (AvgIpc) is 3.14. The Labute approximate surface area is 186 Å². The van der Waals surface area contributed by atoms with Crippen LogP contribution in [0.3, 0.4) is 0 Å². The summed E-state index contributed by atoms with van der Waals surface area (Å²) in [5, 5.41) is 13.8. The number of nitrogens with zero attached hydrogens (tertiary/aromatic N) is 2. The Morgan fingerprint density at radius 3 is 2.83 bits per heavy atom. The van der Waals surface area contributed by atoms with Crippen molar-refractivity contribution in [2.45, 2.75) is 6.92 Å². The monoisotopic (exact) mass is 490 g/mol. The number of ether oxygens (including phenoxy) is 2. The number of anilines is 1. The molecule has 1 heterocycles. The summed E-state index contributed by atoms with van der Waals surface area (Å²) in [5.41, 5.74) is 2.40. The molecule has 2 amide bonds. The first-order valence-electron chi connectivity index (χ1n) is 8.85. The third-order valence-electron chi connectivity index (χ3n) is 3.99. The highest BCUT2D eigenvalue weighted by molar-refractivity contribution is 9.10. The second-order valence-corrected chi connectivity index (χ2v) is 7.98. The van der Waals surface area contributed by atoms with Crippen LogP contribution >= 0.6 is 27.7 Å². The van der Waals surface area contributed by atoms with Crippen LogP contribution in [0, 0.1) is 6.92 Å². The average molecular weight is 491 g/mol. The smallest absolute Gasteiger partial charge is 0.262 e. The Balaban J connectivity index is 1.65. The van der Waals surface area contributed by atoms with E-state index in [1.165, 1.54) is 25.1 Å². The molecule has 2 aromatic rings. The van der Waals surface area contributed by atoms with Gasteiger partial charge in [0, 0.05) is 15.7 Å². The molecule has 0 bridgehead atoms. The second-order valence-electron chi connectivity index (χ2n) is 6.16. The third-order valence-corrected chi connectivity index (χ3v) is 5.54. The van der Waals surface area contributed by atoms with Gasteiger partial charge in [-0.15, -0.1) is 5.10 Å². The summed E-state index contributed by atoms with van der Waals surface area (Å²) < 4.78 is 11.7. The number of carbonyl (C=O) groups excluding carboxylic acids is 2. The normalized spacial score (nSPS) is 14.8. The molecule has 3 rings (SSSR count). The van der Waals surface area contributed by atoms with Crippen LogP contribution in [0.4, 0.5) is 5.69 Å². The van der Waals surface area contributed by atoms with Gasteiger partial charge in [0.05, 0.1) is 19.1 Å². The number of carbonyl (C=O) groups is 2. The second kappa shape index (κ2) is 10.3. The summed E-state index contributed by atoms with van der Waals surface area (Å²) in [6.45, 7) is 1.75. The molecule has 1 aliphatic heterocycles. The number of amidine groups is 1. The topological polar surface area (TPSA) is 101 Å². The number of halogens is 1. The predicted molar refractivity (Wildman–Crippen MR) is 122 cm³/mol. The molecule has 1 fully saturated rings. The molecule has 1 aliphatic rings. The number of amides is 2. The lowest BCUT2D eigenvalue weighted by Gasteiger charge is -2.13. The summed E-state index contributed by atoms with van der Waals surface area (Å²) in [4.78, 5) is 23.4. The summed E-state index contributed by atoms with van der Waals surface area (Å²) in [6, 6.07) is 10.9. The van der Waals surface area contributed by atoms with Gasteiger partial charge in [0.2, 0.25) is 5.91 Å². The molecule has 156 valence electrons. The van der Waals surface area contributed by atoms with Crippen molar-refractivity contribution in [2.24, 2.45) is 10.2 Å². The molecule has 0 aromatic heterocycles. The van der Waals surface area contributed by atoms with Gasteiger partial charge in [-0.2, -0.15) is 5.10 Å². The minimum atomic E-state index is -0.278. The van der Waals surface area contributed by atoms with Crippen molar-refractivity contribution in [2.75, 3.05) is 24.8 Å². The zero-order valence-corrected chi connectivity index (χ0v) is 18.7. The number of thioether (sulfide) groups is 1. The lowest BCUT2D eigenvalue weighted by Crippen LogP contribution is -2.20. The van der Waals surface area contributed by atoms with Crippen LogP contribution in [0.2, 0.25) is 0 Å². The summed E-state index contributed by atoms with van der Waals surface area (Å²) in [7, 11) is 1.51. The number of nitrogens with one attached hydrogen (secondary N) is 2. The highest BCUT2D eigenvalue weighted by Gasteiger charge is 2.16. The lowest BCUT2D eigenvalue weighted by atomic mass is 10.2. The van der Waals surface area contributed by atoms with E-state index in [0.717, 1.165) is 11.3 Å². The van der Waals surface area contributed by atoms with Crippen LogP contribution in [0.15, 0.2) is 51.1 Å². The minimum absolute atomic E-state index is 0.0928. The van der Waals surface area contributed by atoms with Gasteiger partial charge in [0.15, 0.2) is 23.3 Å². The summed E-state index contributed by atoms with van der Waals surface area (Å²) >= 11 is 4.75. The fourth-order valence-corrected chi connectivity index (χ4v) is 3.54. The molecule has 0 aliphatic carbocycles. The molecule has 8 nitrogen and oxygen atoms in total. The Bertz CT molecular complexity index is 1030. The highest BCUT2D eigenvalue weighted by atomic mass is 79.9. The maximum Gasteiger partial charge on any atom is 0.262 e. The molecule has 30 heavy (non-hydrogen) atoms. The van der Waals surface area contributed by atoms with E-state index >= 15 is 0 Å². The number of para-hydroxylation sites is 1. The zero-order chi connectivity index (χ0) is 21.5. The van der Waals surface area contributed by atoms with E-state index in [9.17, 15) is 9.59 Å². The van der Waals surface area contributed by atoms with Crippen molar-refractivity contribution < 1.29 is 19.1 Å². The van der Waals surface area contributed by atoms with E-state index in [0.29, 0.717) is 32.5 Å². The quantitative estimate of drug-likeness (QED) is 0.457. The van der Waals surface area contributed by atoms with Crippen molar-refractivity contribution in [3.63, 3.8) is 0 Å². The molecule has 0 radical (unpaired) electrons. The lowest BCUT2D eigenvalue weighted by molar-refractivity contribution is -0.118. The van der Waals surface area contributed by atoms with Gasteiger partial charge in [-0.25, -0.2) is 0 Å². The summed E-state index contributed by atoms with van der Waals surface area (Å²) in [6.07, 6.45) is 1.53. The minimum Gasteiger partial charge on any atom is -0.493 e. The predicted octanol–water partition coefficient (Wildman–Crippen LogP) is 3.34. The van der Waals surface area contributed by atoms with Gasteiger partial charge in [-0.3, -0.25) is 9.59 Å². The Morgan fingerprint density at radius 1 is 1.33 bits per heavy atom. The van der Waals surface area contributed by atoms with E-state index in [-0.39, 0.29) is 18.4 Å². The number of rotatable bonds is 7. The molecule has 1 saturated heterocycles. The van der Waals surface area contributed by atoms with Crippen LogP contribution in [-0.2, 0) is 9.59 Å². The molecule has 0 spiro atoms. The van der Waals surface area contributed by atoms with E-state index in [4.69, 9.17) is 9.47 Å². The van der Waals surface area contributed by atoms with Crippen molar-refractivity contribution >= 4 is 56.6 Å². The third kappa shape index (κ3) is 5.83. The van der Waals surface area contributed by atoms with Gasteiger partial charge in [0.1, 0.15) is 0 Å². The molecular weight excluding hydrogens is 472 g/mol. The fourth-order valence-electron chi connectivity index (χ4n) is 2.49. The first-order valence-corrected chi connectivity index (χ1v) is 10.6. The first-order chi connectivity index (χ1) is 14.5. The number of aryl methyl sites for hydroxylation is 1. The maximum atomic E-state index is 12.2. The van der Waals surface area contributed by atoms with Crippen LogP contribution in [-0.4, -0.2) is 42.7 Å². The van der Waals surface area contributed by atoms with E-state index < -0.39 is 0 Å². The maximum absolute atomic E-state index is 12.2. The van der Waals surface area contributed by atoms with Crippen molar-refractivity contribution in [1.82, 2.24) is 5.32 Å². The zero-order valence-electron chi connectivity index (χ0n) is 16.3. The number of methoxy groups -OCH3 is 1. The van der Waals surface area contributed by atoms with Crippen LogP contribution in [0.25, 0.3) is 0 Å². The molecule has 2 N–H and O–H groups in total. The van der Waals surface area contributed by atoms with Crippen LogP contribution in [0.5, 0.6) is 11.5 Å². The van der Waals surface area contributed by atoms with Gasteiger partial charge in [-0.05, 0) is 46.6 Å². The molecular formula is C20H19BrN4O4S. The van der Waals surface area contributed by atoms with Crippen molar-refractivity contribution in [3.8, 4) is 11.5 Å². The van der Waals surface area contributed by atoms with Crippen molar-refractivity contribution in [3.05, 3.63) is 52.0 Å². The number of benzene rings is 2. The molecule has 10 heteroatoms. The Kier molecular flexibility index (Phi) is 7.47. The Hall–Kier alpha value is -2.85. The van der Waals surface area contributed by atoms with Crippen molar-refractivity contribution in [1.29, 1.82) is 0 Å². The Morgan fingerprint density at radius 2 is 2.13 bits per heavy atom. The van der Waals surface area contributed by atoms with Crippen LogP contribution in [0.1, 0.15) is 11.1 Å².